The molecule has 9 nitrogen and oxygen atoms in total. The van der Waals surface area contributed by atoms with Gasteiger partial charge in [-0.1, -0.05) is 11.2 Å². The molecular weight excluding hydrogens is 432 g/mol. The minimum Gasteiger partial charge on any atom is -0.444 e. The van der Waals surface area contributed by atoms with Crippen molar-refractivity contribution in [2.75, 3.05) is 31.2 Å². The molecule has 4 rings (SSSR count). The van der Waals surface area contributed by atoms with Gasteiger partial charge in [-0.15, -0.1) is 0 Å². The first-order chi connectivity index (χ1) is 16.0. The van der Waals surface area contributed by atoms with Crippen LogP contribution in [0.3, 0.4) is 0 Å². The number of carbonyl (C=O) groups is 1. The summed E-state index contributed by atoms with van der Waals surface area (Å²) in [6.07, 6.45) is 2.93. The number of anilines is 2. The maximum atomic E-state index is 12.4. The van der Waals surface area contributed by atoms with Crippen molar-refractivity contribution in [3.63, 3.8) is 0 Å². The highest BCUT2D eigenvalue weighted by atomic mass is 16.6. The number of nitrogen functional groups attached to an aromatic ring is 1. The molecule has 0 atom stereocenters. The van der Waals surface area contributed by atoms with E-state index in [4.69, 9.17) is 15.3 Å². The Morgan fingerprint density at radius 1 is 1.21 bits per heavy atom. The lowest BCUT2D eigenvalue weighted by Gasteiger charge is -2.36. The van der Waals surface area contributed by atoms with Crippen LogP contribution in [0.4, 0.5) is 16.3 Å². The predicted molar refractivity (Wildman–Crippen MR) is 133 cm³/mol. The van der Waals surface area contributed by atoms with Crippen LogP contribution in [-0.2, 0) is 15.0 Å². The fraction of sp³-hybridized carbons (Fsp3) is 0.520. The number of hydrogen-bond donors (Lipinski definition) is 2. The van der Waals surface area contributed by atoms with Crippen molar-refractivity contribution in [3.05, 3.63) is 35.7 Å². The quantitative estimate of drug-likeness (QED) is 0.652. The van der Waals surface area contributed by atoms with Gasteiger partial charge in [-0.2, -0.15) is 0 Å². The molecular formula is C25H34N6O3. The van der Waals surface area contributed by atoms with Gasteiger partial charge in [0.25, 0.3) is 0 Å². The largest absolute Gasteiger partial charge is 0.444 e. The number of likely N-dealkylation sites (tertiary alicyclic amines) is 1. The van der Waals surface area contributed by atoms with Crippen LogP contribution in [-0.4, -0.2) is 58.5 Å². The van der Waals surface area contributed by atoms with E-state index in [1.807, 2.05) is 32.9 Å². The van der Waals surface area contributed by atoms with Crippen LogP contribution in [0.25, 0.3) is 11.3 Å². The molecule has 1 aliphatic heterocycles. The average Bonchev–Trinajstić information content (AvgIpc) is 2.75. The van der Waals surface area contributed by atoms with Crippen LogP contribution in [0.15, 0.2) is 29.7 Å². The lowest BCUT2D eigenvalue weighted by atomic mass is 9.70. The number of oxime groups is 1. The Hall–Kier alpha value is -3.36. The molecule has 34 heavy (non-hydrogen) atoms. The van der Waals surface area contributed by atoms with Gasteiger partial charge in [0.05, 0.1) is 11.4 Å². The summed E-state index contributed by atoms with van der Waals surface area (Å²) in [4.78, 5) is 28.1. The van der Waals surface area contributed by atoms with Gasteiger partial charge < -0.3 is 25.5 Å². The van der Waals surface area contributed by atoms with Crippen LogP contribution >= 0.6 is 0 Å². The summed E-state index contributed by atoms with van der Waals surface area (Å²) in [5, 5.41) is 8.02. The molecule has 2 aliphatic rings. The lowest BCUT2D eigenvalue weighted by molar-refractivity contribution is 0.0210. The predicted octanol–water partition coefficient (Wildman–Crippen LogP) is 4.18. The molecule has 182 valence electrons. The normalized spacial score (nSPS) is 18.8. The number of carbonyl (C=O) groups excluding carboxylic acids is 1. The van der Waals surface area contributed by atoms with E-state index in [1.54, 1.807) is 12.0 Å². The Morgan fingerprint density at radius 2 is 1.91 bits per heavy atom. The number of benzene rings is 1. The van der Waals surface area contributed by atoms with Gasteiger partial charge >= 0.3 is 6.09 Å². The first-order valence-electron chi connectivity index (χ1n) is 11.6. The molecule has 2 aromatic rings. The molecule has 0 radical (unpaired) electrons. The molecule has 1 aromatic heterocycles. The minimum absolute atomic E-state index is 0.248. The van der Waals surface area contributed by atoms with E-state index in [0.29, 0.717) is 18.9 Å². The van der Waals surface area contributed by atoms with Crippen molar-refractivity contribution in [3.8, 4) is 11.3 Å². The zero-order valence-electron chi connectivity index (χ0n) is 20.8. The van der Waals surface area contributed by atoms with Gasteiger partial charge in [0.2, 0.25) is 0 Å². The van der Waals surface area contributed by atoms with E-state index < -0.39 is 11.0 Å². The topological polar surface area (TPSA) is 115 Å². The number of nitrogens with zero attached hydrogens (tertiary/aromatic N) is 4. The summed E-state index contributed by atoms with van der Waals surface area (Å²) in [7, 11) is 1.55. The van der Waals surface area contributed by atoms with Crippen LogP contribution in [0.5, 0.6) is 0 Å². The van der Waals surface area contributed by atoms with E-state index in [2.05, 4.69) is 40.4 Å². The highest BCUT2D eigenvalue weighted by Crippen LogP contribution is 2.45. The van der Waals surface area contributed by atoms with Crippen molar-refractivity contribution in [2.24, 2.45) is 5.16 Å². The highest BCUT2D eigenvalue weighted by molar-refractivity contribution is 6.16. The second kappa shape index (κ2) is 8.77. The van der Waals surface area contributed by atoms with Crippen LogP contribution in [0.1, 0.15) is 58.6 Å². The van der Waals surface area contributed by atoms with Crippen molar-refractivity contribution in [2.45, 2.75) is 64.5 Å². The third-order valence-electron chi connectivity index (χ3n) is 6.32. The number of amides is 1. The number of piperidine rings is 1. The van der Waals surface area contributed by atoms with Crippen LogP contribution < -0.4 is 11.1 Å². The number of rotatable bonds is 3. The zero-order valence-corrected chi connectivity index (χ0v) is 20.8. The average molecular weight is 467 g/mol. The maximum Gasteiger partial charge on any atom is 0.410 e. The third kappa shape index (κ3) is 4.51. The molecule has 2 heterocycles. The van der Waals surface area contributed by atoms with E-state index in [0.717, 1.165) is 46.6 Å². The molecule has 0 unspecified atom stereocenters. The number of ether oxygens (including phenoxy) is 1. The zero-order chi connectivity index (χ0) is 24.7. The van der Waals surface area contributed by atoms with Gasteiger partial charge in [0, 0.05) is 46.9 Å². The summed E-state index contributed by atoms with van der Waals surface area (Å²) in [5.41, 5.74) is 10.6. The summed E-state index contributed by atoms with van der Waals surface area (Å²) in [5.74, 6) is 0.448. The summed E-state index contributed by atoms with van der Waals surface area (Å²) in [6, 6.07) is 6.43. The smallest absolute Gasteiger partial charge is 0.410 e. The van der Waals surface area contributed by atoms with Crippen molar-refractivity contribution in [1.29, 1.82) is 0 Å². The molecule has 1 saturated heterocycles. The molecule has 3 N–H and O–H groups in total. The number of aromatic nitrogens is 2. The van der Waals surface area contributed by atoms with E-state index >= 15 is 0 Å². The molecule has 0 bridgehead atoms. The van der Waals surface area contributed by atoms with E-state index in [-0.39, 0.29) is 12.1 Å². The number of hydrogen-bond acceptors (Lipinski definition) is 8. The number of nitrogens with one attached hydrogen (secondary N) is 1. The Bertz CT molecular complexity index is 1110. The second-order valence-corrected chi connectivity index (χ2v) is 10.4. The van der Waals surface area contributed by atoms with Crippen molar-refractivity contribution >= 4 is 23.3 Å². The van der Waals surface area contributed by atoms with E-state index in [1.165, 1.54) is 6.33 Å². The Morgan fingerprint density at radius 3 is 2.56 bits per heavy atom. The molecule has 1 fully saturated rings. The first kappa shape index (κ1) is 23.8. The number of fused-ring (bicyclic) bond motifs is 3. The molecule has 1 amide bonds. The summed E-state index contributed by atoms with van der Waals surface area (Å²) in [6.45, 7) is 11.1. The molecule has 1 aromatic carbocycles. The van der Waals surface area contributed by atoms with Crippen molar-refractivity contribution < 1.29 is 14.4 Å². The highest BCUT2D eigenvalue weighted by Gasteiger charge is 2.41. The molecule has 0 saturated carbocycles. The summed E-state index contributed by atoms with van der Waals surface area (Å²) < 4.78 is 5.51. The fourth-order valence-corrected chi connectivity index (χ4v) is 4.73. The minimum atomic E-state index is -0.527. The van der Waals surface area contributed by atoms with E-state index in [9.17, 15) is 4.79 Å². The lowest BCUT2D eigenvalue weighted by Crippen LogP contribution is -2.44. The van der Waals surface area contributed by atoms with Gasteiger partial charge in [-0.25, -0.2) is 14.8 Å². The maximum absolute atomic E-state index is 12.4. The summed E-state index contributed by atoms with van der Waals surface area (Å²) >= 11 is 0. The SMILES string of the molecule is CO/N=C1\c2cc(NC3CCN(C(=O)OC(C)(C)C)CC3)ccc2-c2ncnc(N)c2C1(C)C. The fourth-order valence-electron chi connectivity index (χ4n) is 4.73. The molecule has 1 aliphatic carbocycles. The van der Waals surface area contributed by atoms with Crippen LogP contribution in [0, 0.1) is 0 Å². The van der Waals surface area contributed by atoms with Gasteiger partial charge in [-0.05, 0) is 59.6 Å². The third-order valence-corrected chi connectivity index (χ3v) is 6.32. The van der Waals surface area contributed by atoms with Gasteiger partial charge in [0.15, 0.2) is 0 Å². The standard InChI is InChI=1S/C25H34N6O3/c1-24(2,3)34-23(32)31-11-9-15(10-12-31)29-16-7-8-17-18(13-16)21(30-33-6)25(4,5)19-20(17)27-14-28-22(19)26/h7-8,13-15,29H,9-12H2,1-6H3,(H2,26,27,28)/b30-21+. The van der Waals surface area contributed by atoms with Crippen molar-refractivity contribution in [1.82, 2.24) is 14.9 Å². The van der Waals surface area contributed by atoms with Gasteiger partial charge in [-0.3, -0.25) is 0 Å². The van der Waals surface area contributed by atoms with Crippen LogP contribution in [0.2, 0.25) is 0 Å². The van der Waals surface area contributed by atoms with Gasteiger partial charge in [0.1, 0.15) is 24.9 Å². The first-order valence-corrected chi connectivity index (χ1v) is 11.6. The Labute approximate surface area is 200 Å². The molecule has 0 spiro atoms. The Balaban J connectivity index is 1.56. The molecule has 9 heteroatoms. The monoisotopic (exact) mass is 466 g/mol. The Kier molecular flexibility index (Phi) is 6.14. The second-order valence-electron chi connectivity index (χ2n) is 10.4. The number of nitrogens with two attached hydrogens (primary N) is 1.